The van der Waals surface area contributed by atoms with Crippen LogP contribution in [-0.2, 0) is 0 Å². The van der Waals surface area contributed by atoms with E-state index in [0.29, 0.717) is 0 Å². The first-order valence-electron chi connectivity index (χ1n) is 7.99. The third kappa shape index (κ3) is 2.67. The monoisotopic (exact) mass is 301 g/mol. The number of hydrogen-bond acceptors (Lipinski definition) is 3. The highest BCUT2D eigenvalue weighted by atomic mass is 16.5. The number of carbonyl (C=O) groups is 1. The van der Waals surface area contributed by atoms with Gasteiger partial charge in [0.1, 0.15) is 17.1 Å². The number of likely N-dealkylation sites (tertiary alicyclic amines) is 1. The summed E-state index contributed by atoms with van der Waals surface area (Å²) < 4.78 is 7.24. The number of aromatic nitrogens is 2. The maximum Gasteiger partial charge on any atom is 0.271 e. The summed E-state index contributed by atoms with van der Waals surface area (Å²) in [5.74, 6) is 0.877. The molecule has 1 fully saturated rings. The molecule has 3 heterocycles. The Labute approximate surface area is 130 Å². The summed E-state index contributed by atoms with van der Waals surface area (Å²) in [6.07, 6.45) is 5.07. The molecule has 0 spiro atoms. The Kier molecular flexibility index (Phi) is 4.05. The molecule has 1 saturated heterocycles. The smallest absolute Gasteiger partial charge is 0.271 e. The SMILES string of the molecule is Cc1cc([C@H]2CCCCN2C(=O)c2cccn2C(C)C)no1. The van der Waals surface area contributed by atoms with Gasteiger partial charge >= 0.3 is 0 Å². The van der Waals surface area contributed by atoms with Crippen molar-refractivity contribution in [3.8, 4) is 0 Å². The van der Waals surface area contributed by atoms with Crippen LogP contribution in [0, 0.1) is 6.92 Å². The molecule has 0 bridgehead atoms. The first-order valence-corrected chi connectivity index (χ1v) is 7.99. The number of hydrogen-bond donors (Lipinski definition) is 0. The molecule has 3 rings (SSSR count). The van der Waals surface area contributed by atoms with Crippen molar-refractivity contribution in [3.05, 3.63) is 41.5 Å². The molecule has 0 radical (unpaired) electrons. The maximum absolute atomic E-state index is 13.0. The molecule has 22 heavy (non-hydrogen) atoms. The van der Waals surface area contributed by atoms with Crippen molar-refractivity contribution in [2.24, 2.45) is 0 Å². The highest BCUT2D eigenvalue weighted by Crippen LogP contribution is 2.32. The van der Waals surface area contributed by atoms with E-state index in [1.807, 2.05) is 40.8 Å². The van der Waals surface area contributed by atoms with Gasteiger partial charge in [0, 0.05) is 24.8 Å². The van der Waals surface area contributed by atoms with E-state index >= 15 is 0 Å². The molecule has 1 atom stereocenters. The fourth-order valence-electron chi connectivity index (χ4n) is 3.20. The lowest BCUT2D eigenvalue weighted by molar-refractivity contribution is 0.0589. The van der Waals surface area contributed by atoms with Gasteiger partial charge in [-0.25, -0.2) is 0 Å². The van der Waals surface area contributed by atoms with E-state index in [1.165, 1.54) is 0 Å². The van der Waals surface area contributed by atoms with Crippen molar-refractivity contribution in [1.29, 1.82) is 0 Å². The predicted octanol–water partition coefficient (Wildman–Crippen LogP) is 3.73. The third-order valence-corrected chi connectivity index (χ3v) is 4.31. The zero-order valence-corrected chi connectivity index (χ0v) is 13.5. The molecule has 1 aliphatic rings. The van der Waals surface area contributed by atoms with Crippen LogP contribution >= 0.6 is 0 Å². The van der Waals surface area contributed by atoms with Gasteiger partial charge in [-0.05, 0) is 52.2 Å². The van der Waals surface area contributed by atoms with E-state index in [2.05, 4.69) is 19.0 Å². The molecule has 0 N–H and O–H groups in total. The number of piperidine rings is 1. The van der Waals surface area contributed by atoms with Crippen LogP contribution in [0.15, 0.2) is 28.9 Å². The van der Waals surface area contributed by atoms with Crippen LogP contribution < -0.4 is 0 Å². The van der Waals surface area contributed by atoms with E-state index < -0.39 is 0 Å². The highest BCUT2D eigenvalue weighted by Gasteiger charge is 2.32. The van der Waals surface area contributed by atoms with Crippen LogP contribution in [0.4, 0.5) is 0 Å². The Hall–Kier alpha value is -2.04. The van der Waals surface area contributed by atoms with E-state index in [9.17, 15) is 4.79 Å². The molecule has 0 aliphatic carbocycles. The first kappa shape index (κ1) is 14.9. The quantitative estimate of drug-likeness (QED) is 0.868. The average Bonchev–Trinajstić information content (AvgIpc) is 3.15. The van der Waals surface area contributed by atoms with Crippen molar-refractivity contribution in [2.75, 3.05) is 6.54 Å². The minimum absolute atomic E-state index is 0.0224. The van der Waals surface area contributed by atoms with Gasteiger partial charge in [-0.2, -0.15) is 0 Å². The molecule has 118 valence electrons. The molecule has 0 saturated carbocycles. The summed E-state index contributed by atoms with van der Waals surface area (Å²) in [4.78, 5) is 15.0. The standard InChI is InChI=1S/C17H23N3O2/c1-12(2)19-10-6-8-16(19)17(21)20-9-5-4-7-15(20)14-11-13(3)22-18-14/h6,8,10-12,15H,4-5,7,9H2,1-3H3/t15-/m1/s1. The summed E-state index contributed by atoms with van der Waals surface area (Å²) in [5, 5.41) is 4.14. The number of aryl methyl sites for hydroxylation is 1. The van der Waals surface area contributed by atoms with Crippen molar-refractivity contribution >= 4 is 5.91 Å². The van der Waals surface area contributed by atoms with Crippen LogP contribution in [0.1, 0.15) is 67.1 Å². The number of amides is 1. The fraction of sp³-hybridized carbons (Fsp3) is 0.529. The second-order valence-corrected chi connectivity index (χ2v) is 6.27. The Morgan fingerprint density at radius 3 is 2.91 bits per heavy atom. The number of carbonyl (C=O) groups excluding carboxylic acids is 1. The van der Waals surface area contributed by atoms with Gasteiger partial charge in [-0.3, -0.25) is 4.79 Å². The summed E-state index contributed by atoms with van der Waals surface area (Å²) in [7, 11) is 0. The average molecular weight is 301 g/mol. The van der Waals surface area contributed by atoms with Crippen molar-refractivity contribution < 1.29 is 9.32 Å². The van der Waals surface area contributed by atoms with E-state index in [-0.39, 0.29) is 18.0 Å². The second kappa shape index (κ2) is 5.99. The van der Waals surface area contributed by atoms with E-state index in [0.717, 1.165) is 43.0 Å². The van der Waals surface area contributed by atoms with E-state index in [4.69, 9.17) is 4.52 Å². The fourth-order valence-corrected chi connectivity index (χ4v) is 3.20. The van der Waals surface area contributed by atoms with Crippen molar-refractivity contribution in [3.63, 3.8) is 0 Å². The van der Waals surface area contributed by atoms with Crippen LogP contribution in [0.2, 0.25) is 0 Å². The van der Waals surface area contributed by atoms with Gasteiger partial charge < -0.3 is 14.0 Å². The Bertz CT molecular complexity index is 656. The second-order valence-electron chi connectivity index (χ2n) is 6.27. The third-order valence-electron chi connectivity index (χ3n) is 4.31. The van der Waals surface area contributed by atoms with Crippen LogP contribution in [0.25, 0.3) is 0 Å². The molecule has 0 aromatic carbocycles. The van der Waals surface area contributed by atoms with Gasteiger partial charge in [0.2, 0.25) is 0 Å². The Balaban J connectivity index is 1.90. The summed E-state index contributed by atoms with van der Waals surface area (Å²) in [5.41, 5.74) is 1.62. The molecule has 1 aliphatic heterocycles. The van der Waals surface area contributed by atoms with Gasteiger partial charge in [-0.15, -0.1) is 0 Å². The largest absolute Gasteiger partial charge is 0.361 e. The van der Waals surface area contributed by atoms with Gasteiger partial charge in [0.05, 0.1) is 6.04 Å². The van der Waals surface area contributed by atoms with Crippen molar-refractivity contribution in [1.82, 2.24) is 14.6 Å². The molecular formula is C17H23N3O2. The van der Waals surface area contributed by atoms with Crippen LogP contribution in [0.5, 0.6) is 0 Å². The summed E-state index contributed by atoms with van der Waals surface area (Å²) >= 11 is 0. The molecular weight excluding hydrogens is 278 g/mol. The van der Waals surface area contributed by atoms with Gasteiger partial charge in [0.25, 0.3) is 5.91 Å². The zero-order chi connectivity index (χ0) is 15.7. The molecule has 5 nitrogen and oxygen atoms in total. The lowest BCUT2D eigenvalue weighted by Crippen LogP contribution is -2.39. The number of rotatable bonds is 3. The molecule has 1 amide bonds. The lowest BCUT2D eigenvalue weighted by atomic mass is 9.98. The first-order chi connectivity index (χ1) is 10.6. The van der Waals surface area contributed by atoms with E-state index in [1.54, 1.807) is 0 Å². The predicted molar refractivity (Wildman–Crippen MR) is 83.7 cm³/mol. The maximum atomic E-state index is 13.0. The van der Waals surface area contributed by atoms with Crippen molar-refractivity contribution in [2.45, 2.75) is 52.1 Å². The van der Waals surface area contributed by atoms with Crippen LogP contribution in [0.3, 0.4) is 0 Å². The zero-order valence-electron chi connectivity index (χ0n) is 13.5. The molecule has 2 aromatic rings. The van der Waals surface area contributed by atoms with Gasteiger partial charge in [0.15, 0.2) is 0 Å². The molecule has 2 aromatic heterocycles. The molecule has 5 heteroatoms. The Morgan fingerprint density at radius 1 is 1.41 bits per heavy atom. The summed E-state index contributed by atoms with van der Waals surface area (Å²) in [6.45, 7) is 6.84. The molecule has 0 unspecified atom stereocenters. The summed E-state index contributed by atoms with van der Waals surface area (Å²) in [6, 6.07) is 6.08. The topological polar surface area (TPSA) is 51.3 Å². The minimum Gasteiger partial charge on any atom is -0.361 e. The lowest BCUT2D eigenvalue weighted by Gasteiger charge is -2.34. The normalized spacial score (nSPS) is 18.9. The minimum atomic E-state index is 0.0224. The Morgan fingerprint density at radius 2 is 2.23 bits per heavy atom. The number of nitrogens with zero attached hydrogens (tertiary/aromatic N) is 3. The highest BCUT2D eigenvalue weighted by molar-refractivity contribution is 5.93. The van der Waals surface area contributed by atoms with Crippen LogP contribution in [-0.4, -0.2) is 27.1 Å². The van der Waals surface area contributed by atoms with Gasteiger partial charge in [-0.1, -0.05) is 5.16 Å².